The van der Waals surface area contributed by atoms with Crippen LogP contribution in [0.1, 0.15) is 36.5 Å². The second kappa shape index (κ2) is 8.23. The molecule has 0 bridgehead atoms. The number of carbonyl (C=O) groups is 2. The summed E-state index contributed by atoms with van der Waals surface area (Å²) in [6.07, 6.45) is 0.131. The Morgan fingerprint density at radius 2 is 2.18 bits per heavy atom. The van der Waals surface area contributed by atoms with Gasteiger partial charge in [0.05, 0.1) is 29.0 Å². The van der Waals surface area contributed by atoms with Crippen LogP contribution in [0.4, 0.5) is 4.79 Å². The number of nitrogens with one attached hydrogen (secondary N) is 1. The summed E-state index contributed by atoms with van der Waals surface area (Å²) >= 11 is 0. The molecule has 34 heavy (non-hydrogen) atoms. The number of nitrogens with zero attached hydrogens (tertiary/aromatic N) is 2. The summed E-state index contributed by atoms with van der Waals surface area (Å²) in [5.74, 6) is -0.414. The summed E-state index contributed by atoms with van der Waals surface area (Å²) in [6, 6.07) is 8.70. The topological polar surface area (TPSA) is 146 Å². The van der Waals surface area contributed by atoms with E-state index in [0.29, 0.717) is 47.6 Å². The molecule has 176 valence electrons. The van der Waals surface area contributed by atoms with Crippen LogP contribution in [0, 0.1) is 0 Å². The lowest BCUT2D eigenvalue weighted by molar-refractivity contribution is -0.172. The number of pyridine rings is 2. The van der Waals surface area contributed by atoms with Crippen LogP contribution < -0.4 is 21.3 Å². The molecule has 10 nitrogen and oxygen atoms in total. The number of aliphatic hydroxyl groups is 1. The first-order valence-corrected chi connectivity index (χ1v) is 11.1. The Morgan fingerprint density at radius 3 is 2.94 bits per heavy atom. The molecule has 1 amide bonds. The third kappa shape index (κ3) is 3.34. The van der Waals surface area contributed by atoms with E-state index in [9.17, 15) is 19.5 Å². The molecule has 3 aromatic rings. The van der Waals surface area contributed by atoms with Gasteiger partial charge in [-0.15, -0.1) is 0 Å². The molecule has 2 aromatic heterocycles. The van der Waals surface area contributed by atoms with Crippen LogP contribution in [0.2, 0.25) is 0 Å². The maximum atomic E-state index is 13.3. The summed E-state index contributed by atoms with van der Waals surface area (Å²) in [5.41, 5.74) is 6.22. The fraction of sp³-hybridized carbons (Fsp3) is 0.333. The summed E-state index contributed by atoms with van der Waals surface area (Å²) in [5, 5.41) is 14.2. The molecule has 0 unspecified atom stereocenters. The van der Waals surface area contributed by atoms with Crippen LogP contribution in [-0.2, 0) is 28.3 Å². The fourth-order valence-electron chi connectivity index (χ4n) is 4.49. The molecular weight excluding hydrogens is 440 g/mol. The largest absolute Gasteiger partial charge is 0.458 e. The average molecular weight is 464 g/mol. The Balaban J connectivity index is 1.58. The highest BCUT2D eigenvalue weighted by Crippen LogP contribution is 2.39. The Hall–Kier alpha value is -3.76. The minimum atomic E-state index is -1.87. The van der Waals surface area contributed by atoms with Crippen LogP contribution in [-0.4, -0.2) is 39.8 Å². The van der Waals surface area contributed by atoms with Crippen molar-refractivity contribution >= 4 is 23.0 Å². The lowest BCUT2D eigenvalue weighted by Crippen LogP contribution is -2.44. The van der Waals surface area contributed by atoms with Gasteiger partial charge in [-0.3, -0.25) is 4.79 Å². The lowest BCUT2D eigenvalue weighted by Gasteiger charge is -2.31. The molecule has 1 atom stereocenters. The van der Waals surface area contributed by atoms with Gasteiger partial charge in [0.1, 0.15) is 12.4 Å². The molecule has 4 heterocycles. The SMILES string of the molecule is CC[C@@]1(O)C(=O)OCc2c1cc1n(c2=O)Cc2cc3c(OC(=O)NCCCN)cccc3nc2-1. The molecule has 0 fully saturated rings. The predicted molar refractivity (Wildman–Crippen MR) is 122 cm³/mol. The molecule has 4 N–H and O–H groups in total. The van der Waals surface area contributed by atoms with Gasteiger partial charge in [-0.2, -0.15) is 0 Å². The van der Waals surface area contributed by atoms with E-state index in [1.807, 2.05) is 6.07 Å². The standard InChI is InChI=1S/C24H24N4O6/c1-2-24(32)16-10-18-20-13(11-28(18)21(29)15(16)12-33-22(24)30)9-14-17(27-20)5-3-6-19(14)34-23(31)26-8-4-7-25/h3,5-6,9-10,32H,2,4,7-8,11-12,25H2,1H3,(H,26,31)/t24-/m0/s1. The number of benzene rings is 1. The number of hydrogen-bond donors (Lipinski definition) is 3. The van der Waals surface area contributed by atoms with Gasteiger partial charge in [0, 0.05) is 23.1 Å². The molecule has 0 aliphatic carbocycles. The van der Waals surface area contributed by atoms with Crippen molar-refractivity contribution in [2.24, 2.45) is 5.73 Å². The van der Waals surface area contributed by atoms with Crippen molar-refractivity contribution in [3.8, 4) is 17.1 Å². The third-order valence-corrected chi connectivity index (χ3v) is 6.36. The van der Waals surface area contributed by atoms with Crippen molar-refractivity contribution < 1.29 is 24.2 Å². The van der Waals surface area contributed by atoms with E-state index in [1.165, 1.54) is 0 Å². The van der Waals surface area contributed by atoms with Crippen molar-refractivity contribution in [3.63, 3.8) is 0 Å². The van der Waals surface area contributed by atoms with Gasteiger partial charge in [-0.1, -0.05) is 13.0 Å². The molecule has 1 aromatic carbocycles. The van der Waals surface area contributed by atoms with Crippen molar-refractivity contribution in [1.82, 2.24) is 14.9 Å². The van der Waals surface area contributed by atoms with Crippen molar-refractivity contribution in [3.05, 3.63) is 57.4 Å². The molecule has 0 spiro atoms. The van der Waals surface area contributed by atoms with Gasteiger partial charge < -0.3 is 30.2 Å². The zero-order valence-electron chi connectivity index (χ0n) is 18.6. The Kier molecular flexibility index (Phi) is 5.34. The highest BCUT2D eigenvalue weighted by Gasteiger charge is 2.45. The second-order valence-corrected chi connectivity index (χ2v) is 8.38. The van der Waals surface area contributed by atoms with E-state index >= 15 is 0 Å². The Labute approximate surface area is 194 Å². The fourth-order valence-corrected chi connectivity index (χ4v) is 4.49. The number of fused-ring (bicyclic) bond motifs is 5. The molecule has 0 saturated carbocycles. The number of ether oxygens (including phenoxy) is 2. The van der Waals surface area contributed by atoms with Gasteiger partial charge in [0.15, 0.2) is 5.60 Å². The number of amides is 1. The van der Waals surface area contributed by atoms with Crippen molar-refractivity contribution in [1.29, 1.82) is 0 Å². The zero-order chi connectivity index (χ0) is 24.0. The maximum absolute atomic E-state index is 13.3. The highest BCUT2D eigenvalue weighted by atomic mass is 16.6. The Morgan fingerprint density at radius 1 is 1.35 bits per heavy atom. The van der Waals surface area contributed by atoms with Gasteiger partial charge in [0.2, 0.25) is 0 Å². The van der Waals surface area contributed by atoms with Gasteiger partial charge in [-0.05, 0) is 43.7 Å². The number of rotatable bonds is 5. The first-order chi connectivity index (χ1) is 16.4. The molecule has 2 aliphatic heterocycles. The number of nitrogens with two attached hydrogens (primary N) is 1. The minimum absolute atomic E-state index is 0.0772. The number of cyclic esters (lactones) is 1. The quantitative estimate of drug-likeness (QED) is 0.298. The van der Waals surface area contributed by atoms with Crippen molar-refractivity contribution in [2.45, 2.75) is 38.5 Å². The van der Waals surface area contributed by atoms with Crippen LogP contribution in [0.15, 0.2) is 35.1 Å². The van der Waals surface area contributed by atoms with Gasteiger partial charge in [0.25, 0.3) is 5.56 Å². The molecule has 5 rings (SSSR count). The molecular formula is C24H24N4O6. The third-order valence-electron chi connectivity index (χ3n) is 6.36. The van der Waals surface area contributed by atoms with E-state index in [2.05, 4.69) is 5.32 Å². The van der Waals surface area contributed by atoms with Gasteiger partial charge in [-0.25, -0.2) is 14.6 Å². The molecule has 2 aliphatic rings. The lowest BCUT2D eigenvalue weighted by atomic mass is 9.86. The molecule has 0 radical (unpaired) electrons. The summed E-state index contributed by atoms with van der Waals surface area (Å²) < 4.78 is 12.1. The number of hydrogen-bond acceptors (Lipinski definition) is 8. The molecule has 0 saturated heterocycles. The predicted octanol–water partition coefficient (Wildman–Crippen LogP) is 1.52. The van der Waals surface area contributed by atoms with Crippen LogP contribution in [0.3, 0.4) is 0 Å². The molecule has 10 heteroatoms. The van der Waals surface area contributed by atoms with E-state index in [1.54, 1.807) is 35.8 Å². The first-order valence-electron chi connectivity index (χ1n) is 11.1. The average Bonchev–Trinajstić information content (AvgIpc) is 3.19. The summed E-state index contributed by atoms with van der Waals surface area (Å²) in [4.78, 5) is 42.4. The Bertz CT molecular complexity index is 1400. The first kappa shape index (κ1) is 22.1. The minimum Gasteiger partial charge on any atom is -0.458 e. The number of aromatic nitrogens is 2. The maximum Gasteiger partial charge on any atom is 0.412 e. The van der Waals surface area contributed by atoms with Crippen LogP contribution >= 0.6 is 0 Å². The monoisotopic (exact) mass is 464 g/mol. The van der Waals surface area contributed by atoms with Crippen LogP contribution in [0.25, 0.3) is 22.3 Å². The van der Waals surface area contributed by atoms with E-state index in [0.717, 1.165) is 5.56 Å². The summed E-state index contributed by atoms with van der Waals surface area (Å²) in [6.45, 7) is 2.61. The van der Waals surface area contributed by atoms with E-state index < -0.39 is 17.7 Å². The second-order valence-electron chi connectivity index (χ2n) is 8.38. The van der Waals surface area contributed by atoms with E-state index in [4.69, 9.17) is 20.2 Å². The highest BCUT2D eigenvalue weighted by molar-refractivity contribution is 5.91. The normalized spacial score (nSPS) is 18.1. The number of carbonyl (C=O) groups excluding carboxylic acids is 2. The zero-order valence-corrected chi connectivity index (χ0v) is 18.6. The van der Waals surface area contributed by atoms with Gasteiger partial charge >= 0.3 is 12.1 Å². The summed E-state index contributed by atoms with van der Waals surface area (Å²) in [7, 11) is 0. The number of esters is 1. The van der Waals surface area contributed by atoms with E-state index in [-0.39, 0.29) is 36.3 Å². The smallest absolute Gasteiger partial charge is 0.412 e. The van der Waals surface area contributed by atoms with Crippen molar-refractivity contribution in [2.75, 3.05) is 13.1 Å². The van der Waals surface area contributed by atoms with Crippen LogP contribution in [0.5, 0.6) is 5.75 Å².